The van der Waals surface area contributed by atoms with Crippen LogP contribution in [0.4, 0.5) is 11.5 Å². The van der Waals surface area contributed by atoms with E-state index in [1.165, 1.54) is 31.7 Å². The number of allylic oxidation sites excluding steroid dienone is 1. The molecule has 9 heteroatoms. The van der Waals surface area contributed by atoms with Gasteiger partial charge in [0.25, 0.3) is 11.8 Å². The third-order valence-corrected chi connectivity index (χ3v) is 6.34. The fraction of sp³-hybridized carbons (Fsp3) is 0.0625. The maximum absolute atomic E-state index is 12.9. The van der Waals surface area contributed by atoms with Gasteiger partial charge < -0.3 is 16.0 Å². The summed E-state index contributed by atoms with van der Waals surface area (Å²) in [6, 6.07) is 21.9. The van der Waals surface area contributed by atoms with Crippen LogP contribution in [0.2, 0.25) is 0 Å². The fourth-order valence-corrected chi connectivity index (χ4v) is 4.38. The number of anilines is 2. The second-order valence-corrected chi connectivity index (χ2v) is 9.09. The number of nitrogens with zero attached hydrogens (tertiary/aromatic N) is 3. The minimum atomic E-state index is -0.345. The molecule has 0 bridgehead atoms. The maximum atomic E-state index is 12.9. The molecule has 41 heavy (non-hydrogen) atoms. The Kier molecular flexibility index (Phi) is 7.87. The molecule has 0 saturated carbocycles. The zero-order chi connectivity index (χ0) is 28.8. The predicted octanol–water partition coefficient (Wildman–Crippen LogP) is 5.49. The van der Waals surface area contributed by atoms with Crippen LogP contribution in [0.25, 0.3) is 33.2 Å². The van der Waals surface area contributed by atoms with E-state index in [9.17, 15) is 14.4 Å². The van der Waals surface area contributed by atoms with E-state index < -0.39 is 0 Å². The summed E-state index contributed by atoms with van der Waals surface area (Å²) in [4.78, 5) is 49.7. The van der Waals surface area contributed by atoms with E-state index in [1.54, 1.807) is 37.4 Å². The smallest absolute Gasteiger partial charge is 0.256 e. The number of fused-ring (bicyclic) bond motifs is 1. The average molecular weight is 543 g/mol. The van der Waals surface area contributed by atoms with Crippen LogP contribution >= 0.6 is 0 Å². The molecule has 3 aromatic carbocycles. The van der Waals surface area contributed by atoms with E-state index in [1.807, 2.05) is 48.5 Å². The molecule has 0 atom stereocenters. The van der Waals surface area contributed by atoms with Gasteiger partial charge in [0.05, 0.1) is 5.52 Å². The van der Waals surface area contributed by atoms with Crippen molar-refractivity contribution in [1.29, 1.82) is 0 Å². The van der Waals surface area contributed by atoms with Crippen molar-refractivity contribution in [3.8, 4) is 22.3 Å². The molecule has 0 saturated heterocycles. The second kappa shape index (κ2) is 12.0. The largest absolute Gasteiger partial charge is 0.355 e. The predicted molar refractivity (Wildman–Crippen MR) is 159 cm³/mol. The normalized spacial score (nSPS) is 10.9. The van der Waals surface area contributed by atoms with Gasteiger partial charge in [0.15, 0.2) is 0 Å². The minimum Gasteiger partial charge on any atom is -0.355 e. The number of pyridine rings is 1. The molecule has 0 aliphatic rings. The molecule has 5 aromatic rings. The van der Waals surface area contributed by atoms with Gasteiger partial charge in [-0.25, -0.2) is 15.0 Å². The first-order valence-corrected chi connectivity index (χ1v) is 12.8. The highest BCUT2D eigenvalue weighted by Crippen LogP contribution is 2.34. The number of aromatic nitrogens is 3. The summed E-state index contributed by atoms with van der Waals surface area (Å²) in [5.74, 6) is -0.534. The zero-order valence-corrected chi connectivity index (χ0v) is 22.4. The third kappa shape index (κ3) is 6.15. The topological polar surface area (TPSA) is 126 Å². The Morgan fingerprint density at radius 3 is 2.39 bits per heavy atom. The quantitative estimate of drug-likeness (QED) is 0.234. The Balaban J connectivity index is 1.44. The van der Waals surface area contributed by atoms with Crippen molar-refractivity contribution in [2.45, 2.75) is 6.92 Å². The number of nitrogens with one attached hydrogen (secondary N) is 3. The Bertz CT molecular complexity index is 1800. The van der Waals surface area contributed by atoms with Crippen LogP contribution in [-0.2, 0) is 4.79 Å². The maximum Gasteiger partial charge on any atom is 0.256 e. The number of benzene rings is 3. The number of amides is 3. The monoisotopic (exact) mass is 542 g/mol. The average Bonchev–Trinajstić information content (AvgIpc) is 3.00. The summed E-state index contributed by atoms with van der Waals surface area (Å²) in [5, 5.41) is 9.01. The van der Waals surface area contributed by atoms with Gasteiger partial charge in [0.1, 0.15) is 12.1 Å². The van der Waals surface area contributed by atoms with E-state index in [0.717, 1.165) is 33.2 Å². The molecule has 2 aromatic heterocycles. The van der Waals surface area contributed by atoms with Gasteiger partial charge in [-0.05, 0) is 78.2 Å². The molecule has 0 aliphatic heterocycles. The van der Waals surface area contributed by atoms with Crippen molar-refractivity contribution >= 4 is 40.1 Å². The summed E-state index contributed by atoms with van der Waals surface area (Å²) < 4.78 is 0. The summed E-state index contributed by atoms with van der Waals surface area (Å²) >= 11 is 0. The van der Waals surface area contributed by atoms with Gasteiger partial charge in [0, 0.05) is 47.2 Å². The van der Waals surface area contributed by atoms with Gasteiger partial charge in [-0.2, -0.15) is 0 Å². The second-order valence-electron chi connectivity index (χ2n) is 9.09. The van der Waals surface area contributed by atoms with Crippen molar-refractivity contribution in [2.75, 3.05) is 17.7 Å². The van der Waals surface area contributed by atoms with Crippen LogP contribution < -0.4 is 16.0 Å². The van der Waals surface area contributed by atoms with Crippen molar-refractivity contribution in [3.05, 3.63) is 115 Å². The molecule has 9 nitrogen and oxygen atoms in total. The SMILES string of the molecule is C/C=C/C(=O)Nc1cccc(-c2cc(-c3ccc(C(=O)Nc4cc(C(=O)NC)ccn4)cc3)cc3cncnc23)c1. The van der Waals surface area contributed by atoms with Gasteiger partial charge in [-0.15, -0.1) is 0 Å². The standard InChI is InChI=1S/C32H26N6O3/c1-3-5-29(39)37-26-7-4-6-22(15-26)27-16-24(14-25-18-34-19-36-30(25)27)20-8-10-21(11-9-20)32(41)38-28-17-23(12-13-35-28)31(40)33-2/h3-19H,1-2H3,(H,33,40)(H,37,39)(H,35,38,41)/b5-3+. The lowest BCUT2D eigenvalue weighted by molar-refractivity contribution is -0.111. The number of hydrogen-bond acceptors (Lipinski definition) is 6. The lowest BCUT2D eigenvalue weighted by Crippen LogP contribution is -2.19. The lowest BCUT2D eigenvalue weighted by atomic mass is 9.95. The molecule has 0 unspecified atom stereocenters. The molecule has 202 valence electrons. The molecule has 3 N–H and O–H groups in total. The van der Waals surface area contributed by atoms with Gasteiger partial charge in [0.2, 0.25) is 5.91 Å². The Hall–Kier alpha value is -5.70. The molecule has 5 rings (SSSR count). The van der Waals surface area contributed by atoms with Crippen LogP contribution in [0.3, 0.4) is 0 Å². The highest BCUT2D eigenvalue weighted by atomic mass is 16.2. The number of carbonyl (C=O) groups excluding carboxylic acids is 3. The van der Waals surface area contributed by atoms with Crippen molar-refractivity contribution in [2.24, 2.45) is 0 Å². The van der Waals surface area contributed by atoms with Crippen molar-refractivity contribution in [1.82, 2.24) is 20.3 Å². The number of carbonyl (C=O) groups is 3. The van der Waals surface area contributed by atoms with Crippen LogP contribution in [0.1, 0.15) is 27.6 Å². The molecular weight excluding hydrogens is 516 g/mol. The van der Waals surface area contributed by atoms with Gasteiger partial charge >= 0.3 is 0 Å². The van der Waals surface area contributed by atoms with Crippen LogP contribution in [-0.4, -0.2) is 39.7 Å². The highest BCUT2D eigenvalue weighted by Gasteiger charge is 2.13. The molecule has 0 fully saturated rings. The molecule has 3 amide bonds. The van der Waals surface area contributed by atoms with Crippen LogP contribution in [0.5, 0.6) is 0 Å². The minimum absolute atomic E-state index is 0.204. The lowest BCUT2D eigenvalue weighted by Gasteiger charge is -2.12. The number of rotatable bonds is 7. The Labute approximate surface area is 236 Å². The van der Waals surface area contributed by atoms with E-state index in [4.69, 9.17) is 0 Å². The summed E-state index contributed by atoms with van der Waals surface area (Å²) in [5.41, 5.74) is 5.86. The molecule has 0 spiro atoms. The molecular formula is C32H26N6O3. The Morgan fingerprint density at radius 2 is 1.61 bits per heavy atom. The molecule has 0 aliphatic carbocycles. The van der Waals surface area contributed by atoms with E-state index in [-0.39, 0.29) is 23.5 Å². The summed E-state index contributed by atoms with van der Waals surface area (Å²) in [7, 11) is 1.54. The molecule has 2 heterocycles. The van der Waals surface area contributed by atoms with E-state index in [2.05, 4.69) is 30.9 Å². The first-order valence-electron chi connectivity index (χ1n) is 12.8. The van der Waals surface area contributed by atoms with Crippen LogP contribution in [0.15, 0.2) is 104 Å². The summed E-state index contributed by atoms with van der Waals surface area (Å²) in [6.07, 6.45) is 7.89. The van der Waals surface area contributed by atoms with Crippen molar-refractivity contribution < 1.29 is 14.4 Å². The molecule has 0 radical (unpaired) electrons. The summed E-state index contributed by atoms with van der Waals surface area (Å²) in [6.45, 7) is 1.79. The number of hydrogen-bond donors (Lipinski definition) is 3. The van der Waals surface area contributed by atoms with Crippen LogP contribution in [0, 0.1) is 0 Å². The fourth-order valence-electron chi connectivity index (χ4n) is 4.38. The van der Waals surface area contributed by atoms with Crippen molar-refractivity contribution in [3.63, 3.8) is 0 Å². The first-order chi connectivity index (χ1) is 19.9. The highest BCUT2D eigenvalue weighted by molar-refractivity contribution is 6.05. The first kappa shape index (κ1) is 26.9. The van der Waals surface area contributed by atoms with E-state index >= 15 is 0 Å². The van der Waals surface area contributed by atoms with E-state index in [0.29, 0.717) is 16.8 Å². The van der Waals surface area contributed by atoms with Gasteiger partial charge in [-0.3, -0.25) is 14.4 Å². The zero-order valence-electron chi connectivity index (χ0n) is 22.4. The third-order valence-electron chi connectivity index (χ3n) is 6.34. The Morgan fingerprint density at radius 1 is 0.780 bits per heavy atom. The van der Waals surface area contributed by atoms with Gasteiger partial charge in [-0.1, -0.05) is 30.3 Å².